The van der Waals surface area contributed by atoms with Crippen LogP contribution in [0.5, 0.6) is 0 Å². The molecule has 14 heteroatoms. The van der Waals surface area contributed by atoms with Gasteiger partial charge in [-0.05, 0) is 66.0 Å². The number of methoxy groups -OCH3 is 2. The van der Waals surface area contributed by atoms with Crippen molar-refractivity contribution in [1.29, 1.82) is 0 Å². The van der Waals surface area contributed by atoms with E-state index in [-0.39, 0.29) is 35.7 Å². The van der Waals surface area contributed by atoms with Crippen LogP contribution in [0.25, 0.3) is 22.3 Å². The highest BCUT2D eigenvalue weighted by atomic mass is 16.7. The number of nitrogens with one attached hydrogen (secondary N) is 2. The lowest BCUT2D eigenvalue weighted by Crippen LogP contribution is -2.53. The minimum Gasteiger partial charge on any atom is -0.453 e. The van der Waals surface area contributed by atoms with Crippen LogP contribution in [0.15, 0.2) is 70.9 Å². The van der Waals surface area contributed by atoms with Crippen molar-refractivity contribution in [1.82, 2.24) is 20.7 Å². The zero-order valence-corrected chi connectivity index (χ0v) is 34.2. The molecule has 2 aromatic rings. The van der Waals surface area contributed by atoms with Crippen LogP contribution >= 0.6 is 0 Å². The van der Waals surface area contributed by atoms with E-state index in [0.717, 1.165) is 57.7 Å². The highest BCUT2D eigenvalue weighted by molar-refractivity contribution is 6.04. The molecular weight excluding hydrogens is 741 g/mol. The van der Waals surface area contributed by atoms with Crippen LogP contribution in [0.2, 0.25) is 0 Å². The smallest absolute Gasteiger partial charge is 0.425 e. The van der Waals surface area contributed by atoms with Crippen LogP contribution in [0, 0.1) is 17.8 Å². The van der Waals surface area contributed by atoms with Gasteiger partial charge in [0, 0.05) is 68.0 Å². The summed E-state index contributed by atoms with van der Waals surface area (Å²) >= 11 is 0. The minimum atomic E-state index is -0.842. The van der Waals surface area contributed by atoms with Gasteiger partial charge in [0.15, 0.2) is 5.79 Å². The summed E-state index contributed by atoms with van der Waals surface area (Å²) in [6, 6.07) is 15.8. The van der Waals surface area contributed by atoms with Gasteiger partial charge in [0.2, 0.25) is 11.8 Å². The van der Waals surface area contributed by atoms with Gasteiger partial charge >= 0.3 is 12.2 Å². The number of hydrazine groups is 1. The Morgan fingerprint density at radius 1 is 0.793 bits per heavy atom. The largest absolute Gasteiger partial charge is 0.453 e. The number of amides is 4. The van der Waals surface area contributed by atoms with Crippen molar-refractivity contribution in [3.8, 4) is 11.1 Å². The molecule has 0 aromatic heterocycles. The second-order valence-electron chi connectivity index (χ2n) is 16.2. The van der Waals surface area contributed by atoms with Gasteiger partial charge in [-0.25, -0.2) is 20.0 Å². The van der Waals surface area contributed by atoms with E-state index in [1.165, 1.54) is 19.2 Å². The summed E-state index contributed by atoms with van der Waals surface area (Å²) in [6.45, 7) is 9.09. The molecule has 4 amide bonds. The van der Waals surface area contributed by atoms with E-state index in [1.54, 1.807) is 0 Å². The Labute approximate surface area is 339 Å². The Morgan fingerprint density at radius 2 is 1.34 bits per heavy atom. The molecule has 5 aliphatic rings. The van der Waals surface area contributed by atoms with Gasteiger partial charge in [0.1, 0.15) is 6.04 Å². The SMILES string of the molecule is COC(=O)N[C@H](C(=O)N1CCC[C@H]1C1=NC=C(c2ccc(-c3ccc(C4=CN=C(C5CC6(C[C@@H]5C(=O)N(NC(=O)OC)C(C)C)OCCO6)C4)cc3)cc2)C1)C(C)C. The average Bonchev–Trinajstić information content (AvgIpc) is 4.09. The number of likely N-dealkylation sites (tertiary alicyclic amines) is 1. The standard InChI is InChI=1S/C44H54N6O8/c1-26(2)39(47-42(53)55-5)41(52)49-17-7-8-38(49)37-21-33(25-46-37)31-15-11-29(12-16-31)28-9-13-30(14-10-28)32-20-36(45-24-32)34-22-44(57-18-19-58-44)23-35(34)40(51)50(27(3)4)48-43(54)56-6/h9-16,24-27,34-35,38-39H,7-8,17-23H2,1-6H3,(H,47,53)(H,48,54)/t34?,35-,38-,39-/m0/s1. The van der Waals surface area contributed by atoms with E-state index in [1.807, 2.05) is 45.0 Å². The molecule has 4 aliphatic heterocycles. The van der Waals surface area contributed by atoms with Crippen molar-refractivity contribution in [3.05, 3.63) is 72.1 Å². The van der Waals surface area contributed by atoms with Crippen molar-refractivity contribution in [2.45, 2.75) is 90.1 Å². The maximum Gasteiger partial charge on any atom is 0.425 e. The van der Waals surface area contributed by atoms with Crippen molar-refractivity contribution in [2.75, 3.05) is 34.0 Å². The summed E-state index contributed by atoms with van der Waals surface area (Å²) in [5.74, 6) is -1.97. The molecule has 7 rings (SSSR count). The number of hydrogen-bond acceptors (Lipinski definition) is 10. The second kappa shape index (κ2) is 17.3. The second-order valence-corrected chi connectivity index (χ2v) is 16.2. The topological polar surface area (TPSA) is 160 Å². The number of rotatable bonds is 10. The van der Waals surface area contributed by atoms with Crippen LogP contribution in [0.3, 0.4) is 0 Å². The first kappa shape index (κ1) is 40.8. The van der Waals surface area contributed by atoms with Crippen molar-refractivity contribution >= 4 is 46.6 Å². The molecule has 1 unspecified atom stereocenters. The normalized spacial score (nSPS) is 22.8. The van der Waals surface area contributed by atoms with Gasteiger partial charge in [0.25, 0.3) is 0 Å². The van der Waals surface area contributed by atoms with Gasteiger partial charge in [0.05, 0.1) is 39.4 Å². The lowest BCUT2D eigenvalue weighted by molar-refractivity contribution is -0.159. The van der Waals surface area contributed by atoms with Crippen LogP contribution in [-0.4, -0.2) is 103 Å². The molecule has 308 valence electrons. The molecule has 58 heavy (non-hydrogen) atoms. The molecule has 1 saturated carbocycles. The van der Waals surface area contributed by atoms with Crippen LogP contribution < -0.4 is 10.7 Å². The third-order valence-corrected chi connectivity index (χ3v) is 11.9. The maximum absolute atomic E-state index is 14.0. The van der Waals surface area contributed by atoms with E-state index in [0.29, 0.717) is 45.4 Å². The van der Waals surface area contributed by atoms with Gasteiger partial charge < -0.3 is 29.2 Å². The first-order chi connectivity index (χ1) is 27.9. The van der Waals surface area contributed by atoms with Gasteiger partial charge in [-0.1, -0.05) is 62.4 Å². The van der Waals surface area contributed by atoms with Crippen molar-refractivity contribution in [2.24, 2.45) is 27.7 Å². The lowest BCUT2D eigenvalue weighted by atomic mass is 9.87. The van der Waals surface area contributed by atoms with Crippen molar-refractivity contribution < 1.29 is 38.1 Å². The third kappa shape index (κ3) is 8.44. The van der Waals surface area contributed by atoms with Crippen molar-refractivity contribution in [3.63, 3.8) is 0 Å². The molecule has 0 bridgehead atoms. The summed E-state index contributed by atoms with van der Waals surface area (Å²) < 4.78 is 21.7. The fraction of sp³-hybridized carbons (Fsp3) is 0.500. The first-order valence-corrected chi connectivity index (χ1v) is 20.2. The number of aliphatic imine (C=N–C) groups is 2. The summed E-state index contributed by atoms with van der Waals surface area (Å²) in [6.07, 6.45) is 6.37. The molecule has 2 aromatic carbocycles. The van der Waals surface area contributed by atoms with Crippen LogP contribution in [-0.2, 0) is 28.5 Å². The summed E-state index contributed by atoms with van der Waals surface area (Å²) in [7, 11) is 2.57. The molecule has 1 spiro atoms. The third-order valence-electron chi connectivity index (χ3n) is 11.9. The monoisotopic (exact) mass is 794 g/mol. The van der Waals surface area contributed by atoms with Gasteiger partial charge in [-0.2, -0.15) is 0 Å². The highest BCUT2D eigenvalue weighted by Crippen LogP contribution is 2.48. The summed E-state index contributed by atoms with van der Waals surface area (Å²) in [5.41, 5.74) is 10.9. The zero-order chi connectivity index (χ0) is 41.1. The fourth-order valence-electron chi connectivity index (χ4n) is 8.83. The number of nitrogens with zero attached hydrogens (tertiary/aromatic N) is 4. The molecule has 4 atom stereocenters. The maximum atomic E-state index is 14.0. The number of allylic oxidation sites excluding steroid dienone is 2. The molecule has 0 radical (unpaired) electrons. The van der Waals surface area contributed by atoms with Gasteiger partial charge in [-0.3, -0.25) is 19.6 Å². The molecule has 14 nitrogen and oxygen atoms in total. The molecule has 4 heterocycles. The number of alkyl carbamates (subject to hydrolysis) is 1. The van der Waals surface area contributed by atoms with Crippen LogP contribution in [0.1, 0.15) is 77.3 Å². The Balaban J connectivity index is 0.968. The molecule has 2 saturated heterocycles. The predicted molar refractivity (Wildman–Crippen MR) is 219 cm³/mol. The van der Waals surface area contributed by atoms with Gasteiger partial charge in [-0.15, -0.1) is 0 Å². The number of benzene rings is 2. The number of hydrogen-bond donors (Lipinski definition) is 2. The summed E-state index contributed by atoms with van der Waals surface area (Å²) in [4.78, 5) is 63.2. The van der Waals surface area contributed by atoms with E-state index in [9.17, 15) is 19.2 Å². The lowest BCUT2D eigenvalue weighted by Gasteiger charge is -2.31. The Kier molecular flexibility index (Phi) is 12.1. The van der Waals surface area contributed by atoms with E-state index >= 15 is 0 Å². The molecule has 1 aliphatic carbocycles. The molecule has 3 fully saturated rings. The quantitative estimate of drug-likeness (QED) is 0.263. The van der Waals surface area contributed by atoms with Crippen LogP contribution in [0.4, 0.5) is 9.59 Å². The Hall–Kier alpha value is -5.34. The molecule has 2 N–H and O–H groups in total. The average molecular weight is 795 g/mol. The fourth-order valence-corrected chi connectivity index (χ4v) is 8.83. The first-order valence-electron chi connectivity index (χ1n) is 20.2. The number of carbonyl (C=O) groups excluding carboxylic acids is 4. The molecular formula is C44H54N6O8. The number of ether oxygens (including phenoxy) is 4. The predicted octanol–water partition coefficient (Wildman–Crippen LogP) is 6.37. The highest BCUT2D eigenvalue weighted by Gasteiger charge is 2.54. The zero-order valence-electron chi connectivity index (χ0n) is 34.2. The minimum absolute atomic E-state index is 0.0886. The Bertz CT molecular complexity index is 2010. The number of carbonyl (C=O) groups is 4. The summed E-state index contributed by atoms with van der Waals surface area (Å²) in [5, 5.41) is 4.06. The van der Waals surface area contributed by atoms with E-state index in [2.05, 4.69) is 59.3 Å². The van der Waals surface area contributed by atoms with E-state index < -0.39 is 29.9 Å². The van der Waals surface area contributed by atoms with E-state index in [4.69, 9.17) is 28.9 Å². The Morgan fingerprint density at radius 3 is 1.90 bits per heavy atom.